The van der Waals surface area contributed by atoms with E-state index in [0.717, 1.165) is 0 Å². The van der Waals surface area contributed by atoms with E-state index in [-0.39, 0.29) is 0 Å². The van der Waals surface area contributed by atoms with Crippen molar-refractivity contribution in [3.63, 3.8) is 0 Å². The molecule has 0 saturated carbocycles. The molecular formula is CH6BN2S. The van der Waals surface area contributed by atoms with Gasteiger partial charge in [0.25, 0.3) is 6.69 Å². The second kappa shape index (κ2) is 4.33. The van der Waals surface area contributed by atoms with Crippen molar-refractivity contribution in [1.29, 1.82) is 0 Å². The highest BCUT2D eigenvalue weighted by Gasteiger charge is 1.68. The molecule has 0 rings (SSSR count). The van der Waals surface area contributed by atoms with Gasteiger partial charge >= 0.3 is 0 Å². The van der Waals surface area contributed by atoms with Crippen molar-refractivity contribution in [3.05, 3.63) is 0 Å². The van der Waals surface area contributed by atoms with Gasteiger partial charge in [-0.2, -0.15) is 0 Å². The minimum absolute atomic E-state index is 0.462. The summed E-state index contributed by atoms with van der Waals surface area (Å²) in [4.78, 5) is 0. The van der Waals surface area contributed by atoms with E-state index in [1.165, 1.54) is 6.69 Å². The maximum atomic E-state index is 4.95. The molecule has 0 aromatic heterocycles. The van der Waals surface area contributed by atoms with Crippen LogP contribution in [0.1, 0.15) is 0 Å². The molecule has 29 valence electrons. The van der Waals surface area contributed by atoms with Gasteiger partial charge in [-0.25, -0.2) is 12.5 Å². The molecule has 1 radical (unpaired) electrons. The first-order chi connectivity index (χ1) is 2.41. The third kappa shape index (κ3) is 4.33. The van der Waals surface area contributed by atoms with E-state index in [1.54, 1.807) is 0 Å². The molecule has 0 saturated heterocycles. The van der Waals surface area contributed by atoms with Crippen molar-refractivity contribution < 1.29 is 0 Å². The Hall–Kier alpha value is 0.335. The molecule has 0 aliphatic carbocycles. The van der Waals surface area contributed by atoms with Crippen LogP contribution in [0.2, 0.25) is 0 Å². The lowest BCUT2D eigenvalue weighted by molar-refractivity contribution is 0.969. The molecule has 0 aromatic rings. The molecular weight excluding hydrogens is 82.9 g/mol. The van der Waals surface area contributed by atoms with Crippen LogP contribution in [0.3, 0.4) is 0 Å². The summed E-state index contributed by atoms with van der Waals surface area (Å²) in [5.41, 5.74) is 4.95. The van der Waals surface area contributed by atoms with Gasteiger partial charge in [-0.15, -0.1) is 0 Å². The molecule has 0 fully saturated rings. The lowest BCUT2D eigenvalue weighted by Crippen LogP contribution is -2.22. The highest BCUT2D eigenvalue weighted by Crippen LogP contribution is 1.50. The SMILES string of the molecule is NCN[B]S. The van der Waals surface area contributed by atoms with E-state index >= 15 is 0 Å². The van der Waals surface area contributed by atoms with E-state index in [0.29, 0.717) is 6.67 Å². The fraction of sp³-hybridized carbons (Fsp3) is 1.00. The first kappa shape index (κ1) is 5.33. The minimum Gasteiger partial charge on any atom is -0.339 e. The first-order valence-electron chi connectivity index (χ1n) is 1.31. The summed E-state index contributed by atoms with van der Waals surface area (Å²) < 4.78 is 0. The van der Waals surface area contributed by atoms with Crippen LogP contribution < -0.4 is 11.0 Å². The first-order valence-corrected chi connectivity index (χ1v) is 1.83. The second-order valence-electron chi connectivity index (χ2n) is 0.537. The maximum Gasteiger partial charge on any atom is 0.283 e. The van der Waals surface area contributed by atoms with Crippen molar-refractivity contribution in [2.24, 2.45) is 5.73 Å². The lowest BCUT2D eigenvalue weighted by Gasteiger charge is -1.83. The van der Waals surface area contributed by atoms with Gasteiger partial charge in [0, 0.05) is 6.67 Å². The quantitative estimate of drug-likeness (QED) is 0.229. The molecule has 0 heterocycles. The number of hydrogen-bond donors (Lipinski definition) is 3. The van der Waals surface area contributed by atoms with Crippen LogP contribution in [0.5, 0.6) is 0 Å². The molecule has 4 heteroatoms. The highest BCUT2D eigenvalue weighted by atomic mass is 32.1. The normalized spacial score (nSPS) is 7.60. The third-order valence-electron chi connectivity index (χ3n) is 0.209. The van der Waals surface area contributed by atoms with Crippen LogP contribution in [0, 0.1) is 0 Å². The molecule has 5 heavy (non-hydrogen) atoms. The number of nitrogens with two attached hydrogens (primary N) is 1. The van der Waals surface area contributed by atoms with Gasteiger partial charge in [0.05, 0.1) is 0 Å². The van der Waals surface area contributed by atoms with Crippen LogP contribution in [-0.4, -0.2) is 13.4 Å². The largest absolute Gasteiger partial charge is 0.339 e. The van der Waals surface area contributed by atoms with Gasteiger partial charge in [0.15, 0.2) is 0 Å². The Morgan fingerprint density at radius 2 is 2.60 bits per heavy atom. The Bertz CT molecular complexity index is 17.1. The molecule has 0 unspecified atom stereocenters. The van der Waals surface area contributed by atoms with E-state index < -0.39 is 0 Å². The molecule has 0 aliphatic rings. The molecule has 0 aromatic carbocycles. The van der Waals surface area contributed by atoms with Crippen molar-refractivity contribution >= 4 is 19.2 Å². The Morgan fingerprint density at radius 1 is 2.00 bits per heavy atom. The fourth-order valence-electron chi connectivity index (χ4n) is 0.0527. The monoisotopic (exact) mass is 89.0 g/mol. The van der Waals surface area contributed by atoms with Crippen LogP contribution in [0.15, 0.2) is 0 Å². The smallest absolute Gasteiger partial charge is 0.283 e. The molecule has 2 nitrogen and oxygen atoms in total. The van der Waals surface area contributed by atoms with Crippen LogP contribution in [0.4, 0.5) is 0 Å². The van der Waals surface area contributed by atoms with Crippen molar-refractivity contribution in [2.75, 3.05) is 6.67 Å². The Labute approximate surface area is 37.7 Å². The molecule has 0 bridgehead atoms. The fourth-order valence-corrected chi connectivity index (χ4v) is 0.158. The minimum atomic E-state index is 0.462. The molecule has 0 amide bonds. The Morgan fingerprint density at radius 3 is 2.60 bits per heavy atom. The van der Waals surface area contributed by atoms with E-state index in [2.05, 4.69) is 17.7 Å². The van der Waals surface area contributed by atoms with E-state index in [1.807, 2.05) is 0 Å². The number of rotatable bonds is 2. The third-order valence-corrected chi connectivity index (χ3v) is 0.392. The Kier molecular flexibility index (Phi) is 4.63. The van der Waals surface area contributed by atoms with Gasteiger partial charge in [-0.3, -0.25) is 0 Å². The van der Waals surface area contributed by atoms with Gasteiger partial charge < -0.3 is 11.0 Å². The zero-order valence-electron chi connectivity index (χ0n) is 2.81. The maximum absolute atomic E-state index is 4.95. The highest BCUT2D eigenvalue weighted by molar-refractivity contribution is 8.06. The summed E-state index contributed by atoms with van der Waals surface area (Å²) in [6.45, 7) is 1.96. The zero-order chi connectivity index (χ0) is 4.12. The summed E-state index contributed by atoms with van der Waals surface area (Å²) in [5, 5.41) is 2.63. The van der Waals surface area contributed by atoms with Crippen LogP contribution >= 0.6 is 12.5 Å². The summed E-state index contributed by atoms with van der Waals surface area (Å²) >= 11 is 3.68. The van der Waals surface area contributed by atoms with Crippen LogP contribution in [-0.2, 0) is 0 Å². The van der Waals surface area contributed by atoms with Crippen LogP contribution in [0.25, 0.3) is 0 Å². The molecule has 0 spiro atoms. The van der Waals surface area contributed by atoms with Crippen molar-refractivity contribution in [2.45, 2.75) is 0 Å². The molecule has 3 N–H and O–H groups in total. The average Bonchev–Trinajstić information content (AvgIpc) is 1.41. The van der Waals surface area contributed by atoms with Gasteiger partial charge in [0.2, 0.25) is 0 Å². The zero-order valence-corrected chi connectivity index (χ0v) is 3.70. The standard InChI is InChI=1S/CH6BN2S/c3-1-4-2-5/h4-5H,1,3H2. The van der Waals surface area contributed by atoms with Crippen molar-refractivity contribution in [1.82, 2.24) is 5.23 Å². The molecule has 0 aliphatic heterocycles. The summed E-state index contributed by atoms with van der Waals surface area (Å²) in [6, 6.07) is 0. The van der Waals surface area contributed by atoms with Crippen molar-refractivity contribution in [3.8, 4) is 0 Å². The summed E-state index contributed by atoms with van der Waals surface area (Å²) in [6.07, 6.45) is 0. The predicted molar refractivity (Wildman–Crippen MR) is 26.9 cm³/mol. The lowest BCUT2D eigenvalue weighted by atomic mass is 10.4. The second-order valence-corrected chi connectivity index (χ2v) is 0.796. The molecule has 0 atom stereocenters. The number of hydrogen-bond acceptors (Lipinski definition) is 3. The van der Waals surface area contributed by atoms with E-state index in [4.69, 9.17) is 5.73 Å². The number of nitrogens with one attached hydrogen (secondary N) is 1. The number of thiol groups is 1. The van der Waals surface area contributed by atoms with E-state index in [9.17, 15) is 0 Å². The van der Waals surface area contributed by atoms with Gasteiger partial charge in [-0.05, 0) is 0 Å². The average molecular weight is 89.0 g/mol. The Balaban J connectivity index is 2.19. The van der Waals surface area contributed by atoms with Gasteiger partial charge in [0.1, 0.15) is 0 Å². The summed E-state index contributed by atoms with van der Waals surface area (Å²) in [5.74, 6) is 0. The summed E-state index contributed by atoms with van der Waals surface area (Å²) in [7, 11) is 0. The topological polar surface area (TPSA) is 38.0 Å². The predicted octanol–water partition coefficient (Wildman–Crippen LogP) is -1.04. The van der Waals surface area contributed by atoms with Gasteiger partial charge in [-0.1, -0.05) is 0 Å².